The van der Waals surface area contributed by atoms with Gasteiger partial charge in [0.2, 0.25) is 5.88 Å². The third-order valence-corrected chi connectivity index (χ3v) is 2.98. The highest BCUT2D eigenvalue weighted by molar-refractivity contribution is 9.10. The summed E-state index contributed by atoms with van der Waals surface area (Å²) in [4.78, 5) is 7.88. The van der Waals surface area contributed by atoms with E-state index in [2.05, 4.69) is 31.2 Å². The molecule has 1 heterocycles. The highest BCUT2D eigenvalue weighted by Crippen LogP contribution is 2.32. The second-order valence-electron chi connectivity index (χ2n) is 3.45. The van der Waals surface area contributed by atoms with E-state index in [-0.39, 0.29) is 17.2 Å². The molecule has 2 rings (SSSR count). The number of hydrogen-bond donors (Lipinski definition) is 1. The fourth-order valence-corrected chi connectivity index (χ4v) is 1.84. The van der Waals surface area contributed by atoms with Gasteiger partial charge in [0.05, 0.1) is 11.6 Å². The molecule has 1 aromatic heterocycles. The number of nitrogens with one attached hydrogen (secondary N) is 1. The summed E-state index contributed by atoms with van der Waals surface area (Å²) in [5.41, 5.74) is 0.225. The first-order valence-electron chi connectivity index (χ1n) is 5.21. The Balaban J connectivity index is 2.34. The zero-order chi connectivity index (χ0) is 13.8. The largest absolute Gasteiger partial charge is 0.435 e. The van der Waals surface area contributed by atoms with Crippen LogP contribution in [0.2, 0.25) is 0 Å². The smallest absolute Gasteiger partial charge is 0.239 e. The zero-order valence-electron chi connectivity index (χ0n) is 9.82. The molecule has 7 heteroatoms. The van der Waals surface area contributed by atoms with Gasteiger partial charge in [-0.1, -0.05) is 0 Å². The van der Waals surface area contributed by atoms with E-state index >= 15 is 0 Å². The van der Waals surface area contributed by atoms with Gasteiger partial charge >= 0.3 is 0 Å². The highest BCUT2D eigenvalue weighted by atomic mass is 79.9. The molecule has 96 valence electrons. The van der Waals surface area contributed by atoms with Gasteiger partial charge in [-0.05, 0) is 34.1 Å². The molecule has 0 aliphatic rings. The minimum atomic E-state index is -0.629. The van der Waals surface area contributed by atoms with Gasteiger partial charge in [0.1, 0.15) is 16.6 Å². The van der Waals surface area contributed by atoms with E-state index in [0.717, 1.165) is 6.07 Å². The number of nitriles is 1. The van der Waals surface area contributed by atoms with Gasteiger partial charge in [-0.15, -0.1) is 0 Å². The highest BCUT2D eigenvalue weighted by Gasteiger charge is 2.12. The summed E-state index contributed by atoms with van der Waals surface area (Å²) in [6.45, 7) is 0. The maximum Gasteiger partial charge on any atom is 0.239 e. The first kappa shape index (κ1) is 13.2. The Bertz CT molecular complexity index is 657. The van der Waals surface area contributed by atoms with E-state index in [1.165, 1.54) is 18.5 Å². The van der Waals surface area contributed by atoms with Crippen molar-refractivity contribution in [3.8, 4) is 17.7 Å². The fraction of sp³-hybridized carbons (Fsp3) is 0.0833. The van der Waals surface area contributed by atoms with Gasteiger partial charge in [0.15, 0.2) is 11.6 Å². The molecule has 0 unspecified atom stereocenters. The van der Waals surface area contributed by atoms with Gasteiger partial charge in [-0.2, -0.15) is 5.26 Å². The van der Waals surface area contributed by atoms with Crippen LogP contribution < -0.4 is 10.1 Å². The standard InChI is InChI=1S/C12H8BrFN4O/c1-16-11-10(13)12(18-6-17-11)19-9-3-2-7(5-15)4-8(9)14/h2-4,6H,1H3,(H,16,17,18). The lowest BCUT2D eigenvalue weighted by atomic mass is 10.2. The molecule has 0 saturated heterocycles. The molecule has 1 aromatic carbocycles. The molecule has 19 heavy (non-hydrogen) atoms. The number of rotatable bonds is 3. The molecule has 2 aromatic rings. The minimum Gasteiger partial charge on any atom is -0.435 e. The molecular weight excluding hydrogens is 315 g/mol. The summed E-state index contributed by atoms with van der Waals surface area (Å²) in [5, 5.41) is 11.5. The first-order valence-corrected chi connectivity index (χ1v) is 6.00. The van der Waals surface area contributed by atoms with Crippen molar-refractivity contribution in [2.75, 3.05) is 12.4 Å². The number of halogens is 2. The van der Waals surface area contributed by atoms with Gasteiger partial charge in [-0.25, -0.2) is 14.4 Å². The van der Waals surface area contributed by atoms with Crippen LogP contribution in [0.5, 0.6) is 11.6 Å². The van der Waals surface area contributed by atoms with E-state index in [1.54, 1.807) is 7.05 Å². The Morgan fingerprint density at radius 2 is 2.21 bits per heavy atom. The van der Waals surface area contributed by atoms with Gasteiger partial charge in [0.25, 0.3) is 0 Å². The zero-order valence-corrected chi connectivity index (χ0v) is 11.4. The Morgan fingerprint density at radius 1 is 1.42 bits per heavy atom. The van der Waals surface area contributed by atoms with Crippen molar-refractivity contribution in [2.45, 2.75) is 0 Å². The number of hydrogen-bond acceptors (Lipinski definition) is 5. The first-order chi connectivity index (χ1) is 9.15. The Hall–Kier alpha value is -2.20. The second kappa shape index (κ2) is 5.63. The van der Waals surface area contributed by atoms with Crippen LogP contribution in [0.1, 0.15) is 5.56 Å². The predicted octanol–water partition coefficient (Wildman–Crippen LogP) is 3.08. The van der Waals surface area contributed by atoms with Crippen LogP contribution >= 0.6 is 15.9 Å². The van der Waals surface area contributed by atoms with Crippen LogP contribution in [-0.2, 0) is 0 Å². The molecule has 0 amide bonds. The number of nitrogens with zero attached hydrogens (tertiary/aromatic N) is 3. The van der Waals surface area contributed by atoms with E-state index in [0.29, 0.717) is 10.3 Å². The predicted molar refractivity (Wildman–Crippen MR) is 70.5 cm³/mol. The van der Waals surface area contributed by atoms with Crippen LogP contribution in [-0.4, -0.2) is 17.0 Å². The molecule has 1 N–H and O–H groups in total. The Labute approximate surface area is 117 Å². The van der Waals surface area contributed by atoms with Crippen molar-refractivity contribution < 1.29 is 9.13 Å². The number of anilines is 1. The van der Waals surface area contributed by atoms with Gasteiger partial charge in [-0.3, -0.25) is 0 Å². The van der Waals surface area contributed by atoms with E-state index in [4.69, 9.17) is 10.00 Å². The molecule has 0 fully saturated rings. The maximum absolute atomic E-state index is 13.7. The third kappa shape index (κ3) is 2.80. The Kier molecular flexibility index (Phi) is 3.92. The number of ether oxygens (including phenoxy) is 1. The number of aromatic nitrogens is 2. The molecule has 0 bridgehead atoms. The Morgan fingerprint density at radius 3 is 2.84 bits per heavy atom. The lowest BCUT2D eigenvalue weighted by molar-refractivity contribution is 0.424. The molecule has 0 radical (unpaired) electrons. The van der Waals surface area contributed by atoms with E-state index < -0.39 is 5.82 Å². The van der Waals surface area contributed by atoms with Crippen LogP contribution in [0, 0.1) is 17.1 Å². The van der Waals surface area contributed by atoms with Crippen molar-refractivity contribution in [3.05, 3.63) is 40.4 Å². The SMILES string of the molecule is CNc1ncnc(Oc2ccc(C#N)cc2F)c1Br. The monoisotopic (exact) mass is 322 g/mol. The third-order valence-electron chi connectivity index (χ3n) is 2.26. The minimum absolute atomic E-state index is 0.0135. The molecule has 0 aliphatic carbocycles. The van der Waals surface area contributed by atoms with E-state index in [9.17, 15) is 4.39 Å². The van der Waals surface area contributed by atoms with Crippen molar-refractivity contribution in [2.24, 2.45) is 0 Å². The molecule has 0 spiro atoms. The van der Waals surface area contributed by atoms with Crippen molar-refractivity contribution in [1.82, 2.24) is 9.97 Å². The average molecular weight is 323 g/mol. The summed E-state index contributed by atoms with van der Waals surface area (Å²) in [6.07, 6.45) is 1.30. The molecular formula is C12H8BrFN4O. The van der Waals surface area contributed by atoms with Crippen LogP contribution in [0.4, 0.5) is 10.2 Å². The summed E-state index contributed by atoms with van der Waals surface area (Å²) < 4.78 is 19.5. The molecule has 0 saturated carbocycles. The maximum atomic E-state index is 13.7. The average Bonchev–Trinajstić information content (AvgIpc) is 2.43. The van der Waals surface area contributed by atoms with Crippen molar-refractivity contribution in [3.63, 3.8) is 0 Å². The van der Waals surface area contributed by atoms with Crippen LogP contribution in [0.25, 0.3) is 0 Å². The van der Waals surface area contributed by atoms with Crippen molar-refractivity contribution in [1.29, 1.82) is 5.26 Å². The second-order valence-corrected chi connectivity index (χ2v) is 4.24. The van der Waals surface area contributed by atoms with Crippen molar-refractivity contribution >= 4 is 21.7 Å². The number of benzene rings is 1. The molecule has 5 nitrogen and oxygen atoms in total. The van der Waals surface area contributed by atoms with Gasteiger partial charge < -0.3 is 10.1 Å². The van der Waals surface area contributed by atoms with E-state index in [1.807, 2.05) is 6.07 Å². The lowest BCUT2D eigenvalue weighted by Gasteiger charge is -2.09. The summed E-state index contributed by atoms with van der Waals surface area (Å²) >= 11 is 3.26. The molecule has 0 atom stereocenters. The molecule has 0 aliphatic heterocycles. The normalized spacial score (nSPS) is 9.79. The summed E-state index contributed by atoms with van der Waals surface area (Å²) in [6, 6.07) is 5.79. The van der Waals surface area contributed by atoms with Gasteiger partial charge in [0, 0.05) is 7.05 Å². The topological polar surface area (TPSA) is 70.8 Å². The lowest BCUT2D eigenvalue weighted by Crippen LogP contribution is -1.98. The summed E-state index contributed by atoms with van der Waals surface area (Å²) in [5.74, 6) is 0.0676. The summed E-state index contributed by atoms with van der Waals surface area (Å²) in [7, 11) is 1.69. The van der Waals surface area contributed by atoms with Crippen LogP contribution in [0.15, 0.2) is 29.0 Å². The fourth-order valence-electron chi connectivity index (χ4n) is 1.36. The van der Waals surface area contributed by atoms with Crippen LogP contribution in [0.3, 0.4) is 0 Å². The quantitative estimate of drug-likeness (QED) is 0.940.